The van der Waals surface area contributed by atoms with Crippen LogP contribution < -0.4 is 11.1 Å². The fourth-order valence-corrected chi connectivity index (χ4v) is 1.41. The maximum Gasteiger partial charge on any atom is 0.237 e. The molecule has 1 fully saturated rings. The predicted molar refractivity (Wildman–Crippen MR) is 54.7 cm³/mol. The van der Waals surface area contributed by atoms with E-state index in [9.17, 15) is 4.79 Å². The van der Waals surface area contributed by atoms with Gasteiger partial charge in [0.2, 0.25) is 5.91 Å². The van der Waals surface area contributed by atoms with Crippen LogP contribution in [-0.2, 0) is 9.53 Å². The van der Waals surface area contributed by atoms with Crippen LogP contribution in [0.3, 0.4) is 0 Å². The van der Waals surface area contributed by atoms with E-state index in [-0.39, 0.29) is 11.8 Å². The van der Waals surface area contributed by atoms with Crippen molar-refractivity contribution in [3.05, 3.63) is 0 Å². The van der Waals surface area contributed by atoms with Crippen molar-refractivity contribution in [2.75, 3.05) is 19.8 Å². The summed E-state index contributed by atoms with van der Waals surface area (Å²) in [5, 5.41) is 2.86. The van der Waals surface area contributed by atoms with Crippen molar-refractivity contribution >= 4 is 5.91 Å². The van der Waals surface area contributed by atoms with Gasteiger partial charge in [0.1, 0.15) is 0 Å². The average molecular weight is 200 g/mol. The topological polar surface area (TPSA) is 64.4 Å². The number of hydrogen-bond acceptors (Lipinski definition) is 3. The molecule has 0 aromatic carbocycles. The normalized spacial score (nSPS) is 23.9. The number of amides is 1. The molecule has 0 bridgehead atoms. The van der Waals surface area contributed by atoms with E-state index in [2.05, 4.69) is 5.32 Å². The lowest BCUT2D eigenvalue weighted by Crippen LogP contribution is -2.45. The summed E-state index contributed by atoms with van der Waals surface area (Å²) in [5.41, 5.74) is 5.70. The van der Waals surface area contributed by atoms with E-state index in [1.807, 2.05) is 13.8 Å². The van der Waals surface area contributed by atoms with E-state index in [4.69, 9.17) is 10.5 Å². The zero-order valence-electron chi connectivity index (χ0n) is 8.95. The van der Waals surface area contributed by atoms with Gasteiger partial charge >= 0.3 is 0 Å². The van der Waals surface area contributed by atoms with Crippen LogP contribution in [0.4, 0.5) is 0 Å². The number of ether oxygens (including phenoxy) is 1. The van der Waals surface area contributed by atoms with Crippen LogP contribution in [0.5, 0.6) is 0 Å². The molecule has 3 N–H and O–H groups in total. The van der Waals surface area contributed by atoms with Gasteiger partial charge < -0.3 is 15.8 Å². The van der Waals surface area contributed by atoms with Crippen molar-refractivity contribution in [3.63, 3.8) is 0 Å². The molecule has 0 aromatic rings. The second-order valence-corrected chi connectivity index (χ2v) is 4.24. The Bertz CT molecular complexity index is 189. The van der Waals surface area contributed by atoms with Crippen LogP contribution in [0.15, 0.2) is 0 Å². The average Bonchev–Trinajstić information content (AvgIpc) is 2.65. The molecule has 0 aromatic heterocycles. The maximum absolute atomic E-state index is 11.5. The highest BCUT2D eigenvalue weighted by atomic mass is 16.5. The van der Waals surface area contributed by atoms with Crippen molar-refractivity contribution in [2.45, 2.75) is 26.3 Å². The number of nitrogens with one attached hydrogen (secondary N) is 1. The van der Waals surface area contributed by atoms with Crippen molar-refractivity contribution in [3.8, 4) is 0 Å². The Morgan fingerprint density at radius 2 is 2.36 bits per heavy atom. The van der Waals surface area contributed by atoms with Crippen LogP contribution in [-0.4, -0.2) is 31.7 Å². The van der Waals surface area contributed by atoms with Gasteiger partial charge in [0.25, 0.3) is 0 Å². The third kappa shape index (κ3) is 3.27. The third-order valence-corrected chi connectivity index (χ3v) is 2.61. The molecule has 1 aliphatic heterocycles. The molecule has 0 saturated carbocycles. The summed E-state index contributed by atoms with van der Waals surface area (Å²) in [5.74, 6) is 0.611. The highest BCUT2D eigenvalue weighted by Crippen LogP contribution is 2.10. The van der Waals surface area contributed by atoms with Crippen LogP contribution in [0.25, 0.3) is 0 Å². The Kier molecular flexibility index (Phi) is 4.35. The van der Waals surface area contributed by atoms with Gasteiger partial charge in [-0.2, -0.15) is 0 Å². The Morgan fingerprint density at radius 1 is 1.64 bits per heavy atom. The highest BCUT2D eigenvalue weighted by Gasteiger charge is 2.20. The summed E-state index contributed by atoms with van der Waals surface area (Å²) >= 11 is 0. The molecule has 82 valence electrons. The zero-order chi connectivity index (χ0) is 10.6. The lowest BCUT2D eigenvalue weighted by atomic mass is 10.0. The van der Waals surface area contributed by atoms with Crippen LogP contribution in [0.2, 0.25) is 0 Å². The molecule has 1 heterocycles. The van der Waals surface area contributed by atoms with E-state index in [0.29, 0.717) is 12.5 Å². The summed E-state index contributed by atoms with van der Waals surface area (Å²) in [4.78, 5) is 11.5. The standard InChI is InChI=1S/C10H20N2O2/c1-7(2)9(11)10(13)12-5-8-3-4-14-6-8/h7-9H,3-6,11H2,1-2H3,(H,12,13)/t8?,9-/m1/s1. The van der Waals surface area contributed by atoms with Gasteiger partial charge in [-0.1, -0.05) is 13.8 Å². The molecule has 1 aliphatic rings. The lowest BCUT2D eigenvalue weighted by molar-refractivity contribution is -0.123. The fourth-order valence-electron chi connectivity index (χ4n) is 1.41. The number of hydrogen-bond donors (Lipinski definition) is 2. The van der Waals surface area contributed by atoms with Gasteiger partial charge in [0.05, 0.1) is 12.6 Å². The van der Waals surface area contributed by atoms with E-state index < -0.39 is 6.04 Å². The Hall–Kier alpha value is -0.610. The summed E-state index contributed by atoms with van der Waals surface area (Å²) in [6.45, 7) is 6.17. The second-order valence-electron chi connectivity index (χ2n) is 4.24. The van der Waals surface area contributed by atoms with Crippen molar-refractivity contribution in [1.29, 1.82) is 0 Å². The van der Waals surface area contributed by atoms with E-state index >= 15 is 0 Å². The Balaban J connectivity index is 2.19. The van der Waals surface area contributed by atoms with E-state index in [0.717, 1.165) is 19.6 Å². The minimum absolute atomic E-state index is 0.0492. The van der Waals surface area contributed by atoms with Gasteiger partial charge in [-0.25, -0.2) is 0 Å². The Labute approximate surface area is 85.2 Å². The SMILES string of the molecule is CC(C)[C@@H](N)C(=O)NCC1CCOC1. The van der Waals surface area contributed by atoms with Crippen molar-refractivity contribution < 1.29 is 9.53 Å². The first kappa shape index (κ1) is 11.5. The minimum atomic E-state index is -0.391. The Morgan fingerprint density at radius 3 is 2.86 bits per heavy atom. The lowest BCUT2D eigenvalue weighted by Gasteiger charge is -2.16. The van der Waals surface area contributed by atoms with Crippen LogP contribution in [0.1, 0.15) is 20.3 Å². The molecule has 1 unspecified atom stereocenters. The van der Waals surface area contributed by atoms with Crippen LogP contribution in [0, 0.1) is 11.8 Å². The molecule has 14 heavy (non-hydrogen) atoms. The first-order chi connectivity index (χ1) is 6.61. The molecule has 2 atom stereocenters. The molecule has 0 aliphatic carbocycles. The summed E-state index contributed by atoms with van der Waals surface area (Å²) in [6.07, 6.45) is 1.04. The molecular formula is C10H20N2O2. The second kappa shape index (κ2) is 5.32. The predicted octanol–water partition coefficient (Wildman–Crippen LogP) is 0.122. The van der Waals surface area contributed by atoms with E-state index in [1.54, 1.807) is 0 Å². The molecule has 1 rings (SSSR count). The molecule has 0 spiro atoms. The highest BCUT2D eigenvalue weighted by molar-refractivity contribution is 5.81. The van der Waals surface area contributed by atoms with Crippen molar-refractivity contribution in [2.24, 2.45) is 17.6 Å². The van der Waals surface area contributed by atoms with Gasteiger partial charge in [0.15, 0.2) is 0 Å². The monoisotopic (exact) mass is 200 g/mol. The van der Waals surface area contributed by atoms with Gasteiger partial charge in [-0.05, 0) is 12.3 Å². The smallest absolute Gasteiger partial charge is 0.237 e. The third-order valence-electron chi connectivity index (χ3n) is 2.61. The van der Waals surface area contributed by atoms with Crippen LogP contribution >= 0.6 is 0 Å². The number of carbonyl (C=O) groups is 1. The molecule has 1 saturated heterocycles. The quantitative estimate of drug-likeness (QED) is 0.677. The summed E-state index contributed by atoms with van der Waals surface area (Å²) in [6, 6.07) is -0.391. The number of nitrogens with two attached hydrogens (primary N) is 1. The molecule has 1 amide bonds. The van der Waals surface area contributed by atoms with Crippen molar-refractivity contribution in [1.82, 2.24) is 5.32 Å². The molecule has 4 nitrogen and oxygen atoms in total. The zero-order valence-corrected chi connectivity index (χ0v) is 8.95. The number of carbonyl (C=O) groups excluding carboxylic acids is 1. The molecular weight excluding hydrogens is 180 g/mol. The van der Waals surface area contributed by atoms with Gasteiger partial charge in [-0.3, -0.25) is 4.79 Å². The fraction of sp³-hybridized carbons (Fsp3) is 0.900. The van der Waals surface area contributed by atoms with Gasteiger partial charge in [-0.15, -0.1) is 0 Å². The summed E-state index contributed by atoms with van der Waals surface area (Å²) in [7, 11) is 0. The van der Waals surface area contributed by atoms with Gasteiger partial charge in [0, 0.05) is 19.1 Å². The molecule has 4 heteroatoms. The first-order valence-corrected chi connectivity index (χ1v) is 5.22. The first-order valence-electron chi connectivity index (χ1n) is 5.22. The maximum atomic E-state index is 11.5. The summed E-state index contributed by atoms with van der Waals surface area (Å²) < 4.78 is 5.21. The largest absolute Gasteiger partial charge is 0.381 e. The minimum Gasteiger partial charge on any atom is -0.381 e. The number of rotatable bonds is 4. The van der Waals surface area contributed by atoms with E-state index in [1.165, 1.54) is 0 Å². The molecule has 0 radical (unpaired) electrons.